The second-order valence-electron chi connectivity index (χ2n) is 4.23. The maximum atomic E-state index is 13.2. The van der Waals surface area contributed by atoms with Gasteiger partial charge < -0.3 is 4.42 Å². The summed E-state index contributed by atoms with van der Waals surface area (Å²) in [4.78, 5) is 9.27. The Morgan fingerprint density at radius 1 is 1.38 bits per heavy atom. The maximum absolute atomic E-state index is 13.2. The number of sulfonamides is 1. The van der Waals surface area contributed by atoms with Gasteiger partial charge in [0.25, 0.3) is 0 Å². The van der Waals surface area contributed by atoms with Gasteiger partial charge in [0.1, 0.15) is 5.76 Å². The number of nitrogens with one attached hydrogen (secondary N) is 1. The van der Waals surface area contributed by atoms with Gasteiger partial charge in [-0.2, -0.15) is 4.39 Å². The van der Waals surface area contributed by atoms with Crippen LogP contribution in [0.2, 0.25) is 0 Å². The van der Waals surface area contributed by atoms with Crippen molar-refractivity contribution >= 4 is 15.7 Å². The first-order valence-corrected chi connectivity index (χ1v) is 7.29. The van der Waals surface area contributed by atoms with E-state index < -0.39 is 37.4 Å². The number of nitro groups is 1. The van der Waals surface area contributed by atoms with Gasteiger partial charge in [0.05, 0.1) is 22.1 Å². The van der Waals surface area contributed by atoms with E-state index in [2.05, 4.69) is 4.72 Å². The monoisotopic (exact) mass is 314 g/mol. The van der Waals surface area contributed by atoms with Crippen LogP contribution < -0.4 is 4.72 Å². The molecule has 1 aromatic heterocycles. The third-order valence-corrected chi connectivity index (χ3v) is 4.26. The number of furan rings is 1. The van der Waals surface area contributed by atoms with Crippen molar-refractivity contribution in [3.63, 3.8) is 0 Å². The first-order chi connectivity index (χ1) is 9.81. The molecule has 21 heavy (non-hydrogen) atoms. The van der Waals surface area contributed by atoms with Crippen molar-refractivity contribution in [3.05, 3.63) is 58.3 Å². The van der Waals surface area contributed by atoms with Gasteiger partial charge in [0, 0.05) is 6.07 Å². The number of nitrogens with zero attached hydrogens (tertiary/aromatic N) is 1. The number of hydrogen-bond donors (Lipinski definition) is 1. The Morgan fingerprint density at radius 2 is 2.10 bits per heavy atom. The lowest BCUT2D eigenvalue weighted by Gasteiger charge is -2.12. The minimum atomic E-state index is -4.04. The lowest BCUT2D eigenvalue weighted by molar-refractivity contribution is -0.387. The average Bonchev–Trinajstić information content (AvgIpc) is 2.92. The number of benzene rings is 1. The van der Waals surface area contributed by atoms with Crippen LogP contribution in [0.4, 0.5) is 10.1 Å². The van der Waals surface area contributed by atoms with Crippen LogP contribution in [-0.2, 0) is 10.0 Å². The van der Waals surface area contributed by atoms with Gasteiger partial charge in [-0.1, -0.05) is 0 Å². The molecule has 1 N–H and O–H groups in total. The summed E-state index contributed by atoms with van der Waals surface area (Å²) < 4.78 is 44.8. The topological polar surface area (TPSA) is 102 Å². The molecule has 1 atom stereocenters. The summed E-state index contributed by atoms with van der Waals surface area (Å²) >= 11 is 0. The van der Waals surface area contributed by atoms with Gasteiger partial charge in [-0.05, 0) is 31.2 Å². The zero-order chi connectivity index (χ0) is 15.6. The highest BCUT2D eigenvalue weighted by Crippen LogP contribution is 2.23. The molecule has 0 spiro atoms. The Kier molecular flexibility index (Phi) is 4.05. The van der Waals surface area contributed by atoms with Crippen LogP contribution in [-0.4, -0.2) is 13.3 Å². The van der Waals surface area contributed by atoms with Gasteiger partial charge in [0.15, 0.2) is 0 Å². The van der Waals surface area contributed by atoms with Gasteiger partial charge >= 0.3 is 5.69 Å². The van der Waals surface area contributed by atoms with Crippen LogP contribution in [0.5, 0.6) is 0 Å². The number of nitro benzene ring substituents is 1. The summed E-state index contributed by atoms with van der Waals surface area (Å²) in [6.07, 6.45) is 1.39. The highest BCUT2D eigenvalue weighted by atomic mass is 32.2. The lowest BCUT2D eigenvalue weighted by Crippen LogP contribution is -2.26. The summed E-state index contributed by atoms with van der Waals surface area (Å²) in [5, 5.41) is 10.6. The summed E-state index contributed by atoms with van der Waals surface area (Å²) in [7, 11) is -4.04. The predicted molar refractivity (Wildman–Crippen MR) is 70.5 cm³/mol. The van der Waals surface area contributed by atoms with Gasteiger partial charge in [-0.15, -0.1) is 0 Å². The van der Waals surface area contributed by atoms with Crippen molar-refractivity contribution in [2.45, 2.75) is 17.9 Å². The molecule has 1 heterocycles. The standard InChI is InChI=1S/C12H11FN2O5S/c1-8(12-3-2-6-20-12)14-21(18,19)9-4-5-10(13)11(7-9)15(16)17/h2-8,14H,1H3/t8-/m1/s1. The van der Waals surface area contributed by atoms with Crippen LogP contribution in [0, 0.1) is 15.9 Å². The highest BCUT2D eigenvalue weighted by Gasteiger charge is 2.24. The summed E-state index contributed by atoms with van der Waals surface area (Å²) in [5.41, 5.74) is -0.900. The van der Waals surface area contributed by atoms with Gasteiger partial charge in [0.2, 0.25) is 15.8 Å². The molecule has 0 saturated heterocycles. The number of rotatable bonds is 5. The molecule has 0 aliphatic carbocycles. The first kappa shape index (κ1) is 15.1. The fourth-order valence-corrected chi connectivity index (χ4v) is 2.93. The first-order valence-electron chi connectivity index (χ1n) is 5.81. The third kappa shape index (κ3) is 3.26. The molecule has 0 fully saturated rings. The van der Waals surface area contributed by atoms with E-state index in [0.29, 0.717) is 11.8 Å². The van der Waals surface area contributed by atoms with Crippen molar-refractivity contribution in [2.24, 2.45) is 0 Å². The molecule has 1 aromatic carbocycles. The van der Waals surface area contributed by atoms with E-state index in [-0.39, 0.29) is 0 Å². The quantitative estimate of drug-likeness (QED) is 0.674. The zero-order valence-electron chi connectivity index (χ0n) is 10.8. The van der Waals surface area contributed by atoms with Crippen molar-refractivity contribution in [1.29, 1.82) is 0 Å². The SMILES string of the molecule is C[C@@H](NS(=O)(=O)c1ccc(F)c([N+](=O)[O-])c1)c1ccco1. The van der Waals surface area contributed by atoms with E-state index in [4.69, 9.17) is 4.42 Å². The maximum Gasteiger partial charge on any atom is 0.306 e. The minimum absolute atomic E-state index is 0.384. The van der Waals surface area contributed by atoms with Gasteiger partial charge in [-0.3, -0.25) is 10.1 Å². The molecule has 0 aliphatic heterocycles. The average molecular weight is 314 g/mol. The van der Waals surface area contributed by atoms with E-state index in [1.807, 2.05) is 0 Å². The van der Waals surface area contributed by atoms with Crippen LogP contribution in [0.3, 0.4) is 0 Å². The molecule has 0 unspecified atom stereocenters. The molecule has 9 heteroatoms. The molecule has 0 bridgehead atoms. The molecule has 2 rings (SSSR count). The van der Waals surface area contributed by atoms with E-state index >= 15 is 0 Å². The van der Waals surface area contributed by atoms with E-state index in [1.54, 1.807) is 19.1 Å². The van der Waals surface area contributed by atoms with Crippen LogP contribution in [0.25, 0.3) is 0 Å². The summed E-state index contributed by atoms with van der Waals surface area (Å²) in [6, 6.07) is 4.88. The van der Waals surface area contributed by atoms with E-state index in [0.717, 1.165) is 12.1 Å². The van der Waals surface area contributed by atoms with Crippen LogP contribution in [0.15, 0.2) is 45.9 Å². The molecule has 0 radical (unpaired) electrons. The molecular weight excluding hydrogens is 303 g/mol. The molecule has 0 aliphatic rings. The smallest absolute Gasteiger partial charge is 0.306 e. The fourth-order valence-electron chi connectivity index (χ4n) is 1.70. The van der Waals surface area contributed by atoms with Crippen LogP contribution >= 0.6 is 0 Å². The summed E-state index contributed by atoms with van der Waals surface area (Å²) in [6.45, 7) is 1.55. The Labute approximate surface area is 119 Å². The van der Waals surface area contributed by atoms with Gasteiger partial charge in [-0.25, -0.2) is 13.1 Å². The Hall–Kier alpha value is -2.26. The number of halogens is 1. The molecule has 0 amide bonds. The second kappa shape index (κ2) is 5.62. The second-order valence-corrected chi connectivity index (χ2v) is 5.94. The molecule has 0 saturated carbocycles. The summed E-state index contributed by atoms with van der Waals surface area (Å²) in [5.74, 6) is -0.715. The third-order valence-electron chi connectivity index (χ3n) is 2.73. The molecular formula is C12H11FN2O5S. The molecule has 2 aromatic rings. The van der Waals surface area contributed by atoms with Crippen molar-refractivity contribution in [3.8, 4) is 0 Å². The highest BCUT2D eigenvalue weighted by molar-refractivity contribution is 7.89. The largest absolute Gasteiger partial charge is 0.468 e. The molecule has 112 valence electrons. The normalized spacial score (nSPS) is 13.0. The Bertz CT molecular complexity index is 758. The Balaban J connectivity index is 2.32. The number of hydrogen-bond acceptors (Lipinski definition) is 5. The predicted octanol–water partition coefficient (Wildman–Crippen LogP) is 2.37. The fraction of sp³-hybridized carbons (Fsp3) is 0.167. The van der Waals surface area contributed by atoms with Crippen LogP contribution in [0.1, 0.15) is 18.7 Å². The van der Waals surface area contributed by atoms with Crippen molar-refractivity contribution < 1.29 is 22.1 Å². The van der Waals surface area contributed by atoms with Crippen molar-refractivity contribution in [1.82, 2.24) is 4.72 Å². The van der Waals surface area contributed by atoms with E-state index in [9.17, 15) is 22.9 Å². The molecule has 7 nitrogen and oxygen atoms in total. The lowest BCUT2D eigenvalue weighted by atomic mass is 10.3. The zero-order valence-corrected chi connectivity index (χ0v) is 11.6. The Morgan fingerprint density at radius 3 is 2.67 bits per heavy atom. The van der Waals surface area contributed by atoms with E-state index in [1.165, 1.54) is 6.26 Å². The minimum Gasteiger partial charge on any atom is -0.468 e. The van der Waals surface area contributed by atoms with Crippen molar-refractivity contribution in [2.75, 3.05) is 0 Å².